The molecule has 106 valence electrons. The van der Waals surface area contributed by atoms with Crippen LogP contribution in [0, 0.1) is 0 Å². The number of carbonyl (C=O) groups is 2. The molecule has 0 aliphatic rings. The van der Waals surface area contributed by atoms with Crippen molar-refractivity contribution in [3.05, 3.63) is 0 Å². The predicted molar refractivity (Wildman–Crippen MR) is 66.4 cm³/mol. The first kappa shape index (κ1) is 16.9. The maximum absolute atomic E-state index is 11.4. The summed E-state index contributed by atoms with van der Waals surface area (Å²) in [5.41, 5.74) is 0. The van der Waals surface area contributed by atoms with E-state index in [4.69, 9.17) is 0 Å². The van der Waals surface area contributed by atoms with Gasteiger partial charge in [-0.25, -0.2) is 12.7 Å². The second kappa shape index (κ2) is 8.04. The van der Waals surface area contributed by atoms with Crippen molar-refractivity contribution in [1.29, 1.82) is 0 Å². The van der Waals surface area contributed by atoms with E-state index in [2.05, 4.69) is 10.1 Å². The summed E-state index contributed by atoms with van der Waals surface area (Å²) in [5, 5.41) is 2.44. The van der Waals surface area contributed by atoms with Gasteiger partial charge in [-0.15, -0.1) is 0 Å². The van der Waals surface area contributed by atoms with Crippen molar-refractivity contribution in [2.75, 3.05) is 33.0 Å². The van der Waals surface area contributed by atoms with Crippen molar-refractivity contribution in [3.63, 3.8) is 0 Å². The Morgan fingerprint density at radius 3 is 2.33 bits per heavy atom. The van der Waals surface area contributed by atoms with Crippen LogP contribution >= 0.6 is 0 Å². The van der Waals surface area contributed by atoms with Crippen LogP contribution in [0.3, 0.4) is 0 Å². The number of amides is 1. The number of carbonyl (C=O) groups excluding carboxylic acids is 2. The van der Waals surface area contributed by atoms with Gasteiger partial charge in [-0.2, -0.15) is 0 Å². The van der Waals surface area contributed by atoms with Crippen LogP contribution in [0.5, 0.6) is 0 Å². The molecule has 0 bridgehead atoms. The molecule has 0 aromatic heterocycles. The zero-order valence-corrected chi connectivity index (χ0v) is 11.7. The smallest absolute Gasteiger partial charge is 0.306 e. The number of esters is 1. The first-order valence-corrected chi connectivity index (χ1v) is 7.23. The third-order valence-corrected chi connectivity index (χ3v) is 3.93. The summed E-state index contributed by atoms with van der Waals surface area (Å²) in [7, 11) is -0.450. The molecule has 7 nitrogen and oxygen atoms in total. The predicted octanol–water partition coefficient (Wildman–Crippen LogP) is -0.663. The van der Waals surface area contributed by atoms with Crippen LogP contribution in [0.25, 0.3) is 0 Å². The molecule has 0 aliphatic heterocycles. The van der Waals surface area contributed by atoms with Crippen LogP contribution in [-0.4, -0.2) is 57.6 Å². The van der Waals surface area contributed by atoms with Gasteiger partial charge in [-0.05, 0) is 6.92 Å². The molecule has 0 fully saturated rings. The van der Waals surface area contributed by atoms with Gasteiger partial charge in [0, 0.05) is 27.1 Å². The lowest BCUT2D eigenvalue weighted by Crippen LogP contribution is -2.34. The fourth-order valence-corrected chi connectivity index (χ4v) is 1.76. The molecule has 0 rings (SSSR count). The lowest BCUT2D eigenvalue weighted by Gasteiger charge is -2.11. The van der Waals surface area contributed by atoms with E-state index in [1.165, 1.54) is 14.1 Å². The summed E-state index contributed by atoms with van der Waals surface area (Å²) in [4.78, 5) is 22.2. The van der Waals surface area contributed by atoms with Gasteiger partial charge in [0.1, 0.15) is 0 Å². The molecule has 0 atom stereocenters. The Bertz CT molecular complexity index is 378. The van der Waals surface area contributed by atoms with E-state index < -0.39 is 16.0 Å². The van der Waals surface area contributed by atoms with Gasteiger partial charge in [-0.3, -0.25) is 9.59 Å². The van der Waals surface area contributed by atoms with Crippen LogP contribution in [0.2, 0.25) is 0 Å². The van der Waals surface area contributed by atoms with E-state index in [-0.39, 0.29) is 37.7 Å². The van der Waals surface area contributed by atoms with Crippen molar-refractivity contribution >= 4 is 21.9 Å². The lowest BCUT2D eigenvalue weighted by molar-refractivity contribution is -0.144. The number of nitrogens with one attached hydrogen (secondary N) is 1. The van der Waals surface area contributed by atoms with Gasteiger partial charge < -0.3 is 10.1 Å². The third-order valence-electron chi connectivity index (χ3n) is 2.10. The summed E-state index contributed by atoms with van der Waals surface area (Å²) in [5.74, 6) is -0.962. The fraction of sp³-hybridized carbons (Fsp3) is 0.800. The minimum Gasteiger partial charge on any atom is -0.466 e. The Labute approximate surface area is 108 Å². The minimum atomic E-state index is -3.31. The SMILES string of the molecule is CCOC(=O)CCC(=O)NCCS(=O)(=O)N(C)C. The zero-order valence-electron chi connectivity index (χ0n) is 10.9. The standard InChI is InChI=1S/C10H20N2O5S/c1-4-17-10(14)6-5-9(13)11-7-8-18(15,16)12(2)3/h4-8H2,1-3H3,(H,11,13). The van der Waals surface area contributed by atoms with Gasteiger partial charge in [0.05, 0.1) is 18.8 Å². The molecule has 0 radical (unpaired) electrons. The quantitative estimate of drug-likeness (QED) is 0.596. The Morgan fingerprint density at radius 2 is 1.83 bits per heavy atom. The number of ether oxygens (including phenoxy) is 1. The maximum Gasteiger partial charge on any atom is 0.306 e. The van der Waals surface area contributed by atoms with Crippen LogP contribution in [-0.2, 0) is 24.3 Å². The van der Waals surface area contributed by atoms with Gasteiger partial charge in [0.2, 0.25) is 15.9 Å². The average molecular weight is 280 g/mol. The van der Waals surface area contributed by atoms with E-state index in [0.29, 0.717) is 0 Å². The van der Waals surface area contributed by atoms with Crippen LogP contribution < -0.4 is 5.32 Å². The minimum absolute atomic E-state index is 0.000103. The molecular formula is C10H20N2O5S. The van der Waals surface area contributed by atoms with E-state index in [1.807, 2.05) is 0 Å². The first-order chi connectivity index (χ1) is 8.29. The molecule has 18 heavy (non-hydrogen) atoms. The maximum atomic E-state index is 11.4. The average Bonchev–Trinajstić information content (AvgIpc) is 2.26. The Morgan fingerprint density at radius 1 is 1.22 bits per heavy atom. The summed E-state index contributed by atoms with van der Waals surface area (Å²) in [6, 6.07) is 0. The van der Waals surface area contributed by atoms with Crippen molar-refractivity contribution in [3.8, 4) is 0 Å². The highest BCUT2D eigenvalue weighted by Gasteiger charge is 2.14. The molecule has 0 heterocycles. The lowest BCUT2D eigenvalue weighted by atomic mass is 10.3. The third kappa shape index (κ3) is 7.23. The Hall–Kier alpha value is -1.15. The van der Waals surface area contributed by atoms with E-state index in [0.717, 1.165) is 4.31 Å². The van der Waals surface area contributed by atoms with Crippen LogP contribution in [0.15, 0.2) is 0 Å². The number of rotatable bonds is 8. The molecule has 8 heteroatoms. The Balaban J connectivity index is 3.82. The summed E-state index contributed by atoms with van der Waals surface area (Å²) >= 11 is 0. The molecule has 0 aromatic rings. The molecule has 0 aliphatic carbocycles. The van der Waals surface area contributed by atoms with Crippen molar-refractivity contribution in [2.45, 2.75) is 19.8 Å². The number of hydrogen-bond acceptors (Lipinski definition) is 5. The van der Waals surface area contributed by atoms with E-state index >= 15 is 0 Å². The van der Waals surface area contributed by atoms with Gasteiger partial charge >= 0.3 is 5.97 Å². The monoisotopic (exact) mass is 280 g/mol. The normalized spacial score (nSPS) is 11.3. The van der Waals surface area contributed by atoms with Crippen molar-refractivity contribution in [1.82, 2.24) is 9.62 Å². The molecular weight excluding hydrogens is 260 g/mol. The van der Waals surface area contributed by atoms with Crippen LogP contribution in [0.1, 0.15) is 19.8 Å². The first-order valence-electron chi connectivity index (χ1n) is 5.62. The number of hydrogen-bond donors (Lipinski definition) is 1. The molecule has 1 amide bonds. The molecule has 0 aromatic carbocycles. The number of nitrogens with zero attached hydrogens (tertiary/aromatic N) is 1. The molecule has 0 unspecified atom stereocenters. The molecule has 0 saturated carbocycles. The summed E-state index contributed by atoms with van der Waals surface area (Å²) in [6.45, 7) is 1.99. The van der Waals surface area contributed by atoms with E-state index in [9.17, 15) is 18.0 Å². The van der Waals surface area contributed by atoms with Crippen LogP contribution in [0.4, 0.5) is 0 Å². The van der Waals surface area contributed by atoms with Crippen molar-refractivity contribution in [2.24, 2.45) is 0 Å². The topological polar surface area (TPSA) is 92.8 Å². The number of sulfonamides is 1. The van der Waals surface area contributed by atoms with E-state index in [1.54, 1.807) is 6.92 Å². The largest absolute Gasteiger partial charge is 0.466 e. The van der Waals surface area contributed by atoms with Crippen molar-refractivity contribution < 1.29 is 22.7 Å². The Kier molecular flexibility index (Phi) is 7.53. The van der Waals surface area contributed by atoms with Gasteiger partial charge in [0.25, 0.3) is 0 Å². The fourth-order valence-electron chi connectivity index (χ4n) is 1.04. The highest BCUT2D eigenvalue weighted by Crippen LogP contribution is 1.95. The summed E-state index contributed by atoms with van der Waals surface area (Å²) < 4.78 is 28.5. The summed E-state index contributed by atoms with van der Waals surface area (Å²) in [6.07, 6.45) is 0.000942. The molecule has 0 spiro atoms. The van der Waals surface area contributed by atoms with Gasteiger partial charge in [-0.1, -0.05) is 0 Å². The zero-order chi connectivity index (χ0) is 14.2. The highest BCUT2D eigenvalue weighted by atomic mass is 32.2. The second-order valence-electron chi connectivity index (χ2n) is 3.75. The van der Waals surface area contributed by atoms with Gasteiger partial charge in [0.15, 0.2) is 0 Å². The molecule has 0 saturated heterocycles. The second-order valence-corrected chi connectivity index (χ2v) is 6.06. The highest BCUT2D eigenvalue weighted by molar-refractivity contribution is 7.89. The molecule has 1 N–H and O–H groups in total.